The highest BCUT2D eigenvalue weighted by molar-refractivity contribution is 5.80. The highest BCUT2D eigenvalue weighted by Gasteiger charge is 2.39. The molecule has 0 aromatic heterocycles. The summed E-state index contributed by atoms with van der Waals surface area (Å²) in [6, 6.07) is 7.80. The van der Waals surface area contributed by atoms with E-state index in [1.807, 2.05) is 38.2 Å². The molecule has 1 fully saturated rings. The fourth-order valence-corrected chi connectivity index (χ4v) is 3.20. The van der Waals surface area contributed by atoms with Crippen molar-refractivity contribution in [3.8, 4) is 5.75 Å². The Morgan fingerprint density at radius 3 is 2.81 bits per heavy atom. The molecule has 0 saturated heterocycles. The molecule has 2 atom stereocenters. The zero-order valence-electron chi connectivity index (χ0n) is 13.3. The number of nitrogens with zero attached hydrogens (tertiary/aromatic N) is 1. The number of para-hydroxylation sites is 1. The van der Waals surface area contributed by atoms with Crippen molar-refractivity contribution in [1.82, 2.24) is 4.90 Å². The van der Waals surface area contributed by atoms with Gasteiger partial charge >= 0.3 is 0 Å². The molecular formula is C17H26N2O2. The van der Waals surface area contributed by atoms with Crippen LogP contribution in [-0.2, 0) is 11.3 Å². The SMILES string of the molecule is COc1ccccc1CN(C)C(=O)C1CCCCC1(C)N. The molecular weight excluding hydrogens is 264 g/mol. The number of nitrogens with two attached hydrogens (primary N) is 1. The molecule has 0 aliphatic heterocycles. The Balaban J connectivity index is 2.09. The Bertz CT molecular complexity index is 499. The van der Waals surface area contributed by atoms with Gasteiger partial charge in [0.1, 0.15) is 5.75 Å². The summed E-state index contributed by atoms with van der Waals surface area (Å²) in [7, 11) is 3.50. The van der Waals surface area contributed by atoms with Gasteiger partial charge in [0.2, 0.25) is 5.91 Å². The maximum Gasteiger partial charge on any atom is 0.227 e. The Morgan fingerprint density at radius 2 is 2.14 bits per heavy atom. The van der Waals surface area contributed by atoms with Gasteiger partial charge in [-0.1, -0.05) is 31.0 Å². The third-order valence-electron chi connectivity index (χ3n) is 4.53. The molecule has 0 radical (unpaired) electrons. The quantitative estimate of drug-likeness (QED) is 0.927. The molecule has 4 heteroatoms. The lowest BCUT2D eigenvalue weighted by atomic mass is 9.74. The third kappa shape index (κ3) is 3.56. The van der Waals surface area contributed by atoms with E-state index in [0.717, 1.165) is 37.0 Å². The van der Waals surface area contributed by atoms with Gasteiger partial charge in [-0.3, -0.25) is 4.79 Å². The number of carbonyl (C=O) groups excluding carboxylic acids is 1. The van der Waals surface area contributed by atoms with Crippen molar-refractivity contribution in [3.05, 3.63) is 29.8 Å². The standard InChI is InChI=1S/C17H26N2O2/c1-17(18)11-7-6-9-14(17)16(20)19(2)12-13-8-4-5-10-15(13)21-3/h4-5,8,10,14H,6-7,9,11-12,18H2,1-3H3. The monoisotopic (exact) mass is 290 g/mol. The number of hydrogen-bond acceptors (Lipinski definition) is 3. The zero-order valence-corrected chi connectivity index (χ0v) is 13.3. The van der Waals surface area contributed by atoms with Gasteiger partial charge < -0.3 is 15.4 Å². The van der Waals surface area contributed by atoms with Crippen molar-refractivity contribution >= 4 is 5.91 Å². The van der Waals surface area contributed by atoms with E-state index >= 15 is 0 Å². The topological polar surface area (TPSA) is 55.6 Å². The smallest absolute Gasteiger partial charge is 0.227 e. The average molecular weight is 290 g/mol. The molecule has 0 bridgehead atoms. The molecule has 2 N–H and O–H groups in total. The number of hydrogen-bond donors (Lipinski definition) is 1. The highest BCUT2D eigenvalue weighted by atomic mass is 16.5. The molecule has 1 aromatic rings. The van der Waals surface area contributed by atoms with Gasteiger partial charge in [0, 0.05) is 24.7 Å². The Labute approximate surface area is 127 Å². The minimum Gasteiger partial charge on any atom is -0.496 e. The minimum absolute atomic E-state index is 0.0778. The van der Waals surface area contributed by atoms with Gasteiger partial charge in [-0.2, -0.15) is 0 Å². The predicted molar refractivity (Wildman–Crippen MR) is 84.0 cm³/mol. The summed E-state index contributed by atoms with van der Waals surface area (Å²) in [4.78, 5) is 14.5. The van der Waals surface area contributed by atoms with Crippen LogP contribution in [0, 0.1) is 5.92 Å². The predicted octanol–water partition coefficient (Wildman–Crippen LogP) is 2.56. The first-order valence-corrected chi connectivity index (χ1v) is 7.61. The second-order valence-electron chi connectivity index (χ2n) is 6.31. The second kappa shape index (κ2) is 6.48. The fourth-order valence-electron chi connectivity index (χ4n) is 3.20. The number of methoxy groups -OCH3 is 1. The Kier molecular flexibility index (Phi) is 4.88. The summed E-state index contributed by atoms with van der Waals surface area (Å²) in [5.74, 6) is 0.882. The molecule has 116 valence electrons. The van der Waals surface area contributed by atoms with Gasteiger partial charge in [0.25, 0.3) is 0 Å². The van der Waals surface area contributed by atoms with E-state index in [1.165, 1.54) is 0 Å². The van der Waals surface area contributed by atoms with Gasteiger partial charge in [-0.15, -0.1) is 0 Å². The van der Waals surface area contributed by atoms with E-state index in [1.54, 1.807) is 12.0 Å². The third-order valence-corrected chi connectivity index (χ3v) is 4.53. The second-order valence-corrected chi connectivity index (χ2v) is 6.31. The van der Waals surface area contributed by atoms with Crippen LogP contribution in [0.1, 0.15) is 38.2 Å². The minimum atomic E-state index is -0.385. The molecule has 1 saturated carbocycles. The maximum atomic E-state index is 12.7. The van der Waals surface area contributed by atoms with Crippen LogP contribution in [0.25, 0.3) is 0 Å². The number of benzene rings is 1. The summed E-state index contributed by atoms with van der Waals surface area (Å²) >= 11 is 0. The van der Waals surface area contributed by atoms with Crippen molar-refractivity contribution in [2.24, 2.45) is 11.7 Å². The van der Waals surface area contributed by atoms with E-state index in [9.17, 15) is 4.79 Å². The molecule has 4 nitrogen and oxygen atoms in total. The lowest BCUT2D eigenvalue weighted by molar-refractivity contribution is -0.138. The van der Waals surface area contributed by atoms with Crippen LogP contribution in [0.15, 0.2) is 24.3 Å². The molecule has 2 rings (SSSR count). The summed E-state index contributed by atoms with van der Waals surface area (Å²) < 4.78 is 5.35. The molecule has 1 aliphatic carbocycles. The van der Waals surface area contributed by atoms with Crippen molar-refractivity contribution in [2.45, 2.75) is 44.7 Å². The maximum absolute atomic E-state index is 12.7. The fraction of sp³-hybridized carbons (Fsp3) is 0.588. The van der Waals surface area contributed by atoms with Crippen LogP contribution in [0.4, 0.5) is 0 Å². The lowest BCUT2D eigenvalue weighted by Gasteiger charge is -2.39. The van der Waals surface area contributed by atoms with E-state index in [4.69, 9.17) is 10.5 Å². The van der Waals surface area contributed by atoms with Crippen molar-refractivity contribution < 1.29 is 9.53 Å². The van der Waals surface area contributed by atoms with Crippen molar-refractivity contribution in [1.29, 1.82) is 0 Å². The summed E-state index contributed by atoms with van der Waals surface area (Å²) in [5, 5.41) is 0. The summed E-state index contributed by atoms with van der Waals surface area (Å²) in [6.07, 6.45) is 4.02. The number of ether oxygens (including phenoxy) is 1. The molecule has 1 aliphatic rings. The number of carbonyl (C=O) groups is 1. The molecule has 1 aromatic carbocycles. The number of amides is 1. The van der Waals surface area contributed by atoms with Gasteiger partial charge in [0.05, 0.1) is 13.0 Å². The van der Waals surface area contributed by atoms with Crippen LogP contribution in [0.3, 0.4) is 0 Å². The van der Waals surface area contributed by atoms with Gasteiger partial charge in [0.15, 0.2) is 0 Å². The number of rotatable bonds is 4. The van der Waals surface area contributed by atoms with Crippen LogP contribution in [0.2, 0.25) is 0 Å². The first kappa shape index (κ1) is 15.8. The lowest BCUT2D eigenvalue weighted by Crippen LogP contribution is -2.53. The summed E-state index contributed by atoms with van der Waals surface area (Å²) in [6.45, 7) is 2.56. The first-order chi connectivity index (χ1) is 9.95. The normalized spacial score (nSPS) is 25.4. The zero-order chi connectivity index (χ0) is 15.5. The van der Waals surface area contributed by atoms with Gasteiger partial charge in [-0.25, -0.2) is 0 Å². The molecule has 1 amide bonds. The van der Waals surface area contributed by atoms with Crippen molar-refractivity contribution in [3.63, 3.8) is 0 Å². The van der Waals surface area contributed by atoms with Crippen LogP contribution >= 0.6 is 0 Å². The van der Waals surface area contributed by atoms with E-state index in [2.05, 4.69) is 0 Å². The Hall–Kier alpha value is -1.55. The first-order valence-electron chi connectivity index (χ1n) is 7.61. The van der Waals surface area contributed by atoms with Crippen molar-refractivity contribution in [2.75, 3.05) is 14.2 Å². The molecule has 2 unspecified atom stereocenters. The Morgan fingerprint density at radius 1 is 1.43 bits per heavy atom. The van der Waals surface area contributed by atoms with E-state index in [0.29, 0.717) is 6.54 Å². The average Bonchev–Trinajstić information content (AvgIpc) is 2.46. The summed E-state index contributed by atoms with van der Waals surface area (Å²) in [5.41, 5.74) is 6.97. The van der Waals surface area contributed by atoms with Crippen LogP contribution in [0.5, 0.6) is 5.75 Å². The van der Waals surface area contributed by atoms with Gasteiger partial charge in [-0.05, 0) is 25.8 Å². The van der Waals surface area contributed by atoms with Crippen LogP contribution in [-0.4, -0.2) is 30.5 Å². The molecule has 0 spiro atoms. The van der Waals surface area contributed by atoms with E-state index < -0.39 is 0 Å². The highest BCUT2D eigenvalue weighted by Crippen LogP contribution is 2.33. The molecule has 21 heavy (non-hydrogen) atoms. The molecule has 0 heterocycles. The largest absolute Gasteiger partial charge is 0.496 e. The van der Waals surface area contributed by atoms with E-state index in [-0.39, 0.29) is 17.4 Å². The van der Waals surface area contributed by atoms with Crippen LogP contribution < -0.4 is 10.5 Å².